The maximum atomic E-state index is 10.7. The third-order valence-corrected chi connectivity index (χ3v) is 1.58. The third kappa shape index (κ3) is 6.94. The van der Waals surface area contributed by atoms with Crippen molar-refractivity contribution < 1.29 is 4.79 Å². The Morgan fingerprint density at radius 2 is 1.80 bits per heavy atom. The Hall–Kier alpha value is -1.06. The molecule has 0 radical (unpaired) electrons. The van der Waals surface area contributed by atoms with E-state index in [2.05, 4.69) is 5.10 Å². The number of hydrogen-bond acceptors (Lipinski definition) is 3. The van der Waals surface area contributed by atoms with E-state index < -0.39 is 0 Å². The molecule has 90 valence electrons. The summed E-state index contributed by atoms with van der Waals surface area (Å²) in [6, 6.07) is 0. The Labute approximate surface area is 93.9 Å². The van der Waals surface area contributed by atoms with Crippen molar-refractivity contribution in [1.29, 1.82) is 0 Å². The number of nitrogens with zero attached hydrogens (tertiary/aromatic N) is 3. The molecule has 0 spiro atoms. The number of amides is 1. The first-order valence-electron chi connectivity index (χ1n) is 5.50. The number of hydrogen-bond donors (Lipinski definition) is 0. The average molecular weight is 215 g/mol. The van der Waals surface area contributed by atoms with Gasteiger partial charge in [0.2, 0.25) is 6.41 Å². The molecule has 0 aromatic heterocycles. The normalized spacial score (nSPS) is 10.5. The van der Waals surface area contributed by atoms with Crippen LogP contribution in [0.15, 0.2) is 5.10 Å². The summed E-state index contributed by atoms with van der Waals surface area (Å²) in [5, 5.41) is 5.97. The van der Waals surface area contributed by atoms with Crippen LogP contribution in [0.1, 0.15) is 34.6 Å². The van der Waals surface area contributed by atoms with Crippen LogP contribution in [0.2, 0.25) is 0 Å². The molecule has 0 saturated carbocycles. The van der Waals surface area contributed by atoms with Crippen LogP contribution in [0.5, 0.6) is 0 Å². The van der Waals surface area contributed by atoms with Gasteiger partial charge in [0.25, 0.3) is 0 Å². The lowest BCUT2D eigenvalue weighted by Gasteiger charge is -2.22. The number of carbonyl (C=O) groups is 1. The van der Waals surface area contributed by atoms with Crippen molar-refractivity contribution in [2.24, 2.45) is 11.0 Å². The van der Waals surface area contributed by atoms with Gasteiger partial charge in [-0.25, -0.2) is 0 Å². The summed E-state index contributed by atoms with van der Waals surface area (Å²) in [5.74, 6) is 1.06. The van der Waals surface area contributed by atoms with E-state index in [1.54, 1.807) is 9.91 Å². The van der Waals surface area contributed by atoms with Gasteiger partial charge in [-0.15, -0.1) is 0 Å². The van der Waals surface area contributed by atoms with Crippen LogP contribution in [0.3, 0.4) is 0 Å². The maximum Gasteiger partial charge on any atom is 0.215 e. The van der Waals surface area contributed by atoms with Gasteiger partial charge in [-0.2, -0.15) is 5.10 Å². The fourth-order valence-corrected chi connectivity index (χ4v) is 1.00. The topological polar surface area (TPSA) is 35.9 Å². The molecule has 0 N–H and O–H groups in total. The second-order valence-electron chi connectivity index (χ2n) is 3.35. The summed E-state index contributed by atoms with van der Waals surface area (Å²) in [7, 11) is 3.70. The van der Waals surface area contributed by atoms with Crippen LogP contribution in [0.25, 0.3) is 0 Å². The molecule has 0 unspecified atom stereocenters. The molecule has 0 aliphatic heterocycles. The molecule has 0 fully saturated rings. The van der Waals surface area contributed by atoms with E-state index in [4.69, 9.17) is 0 Å². The molecule has 0 bridgehead atoms. The SMILES string of the molecule is CC.CCN(C=O)/C(=N\N(C)C)C(C)C. The zero-order valence-corrected chi connectivity index (χ0v) is 11.1. The fraction of sp³-hybridized carbons (Fsp3) is 0.818. The molecular formula is C11H25N3O. The van der Waals surface area contributed by atoms with Crippen LogP contribution < -0.4 is 0 Å². The molecule has 15 heavy (non-hydrogen) atoms. The molecular weight excluding hydrogens is 190 g/mol. The minimum absolute atomic E-state index is 0.257. The maximum absolute atomic E-state index is 10.7. The highest BCUT2D eigenvalue weighted by atomic mass is 16.1. The van der Waals surface area contributed by atoms with Crippen molar-refractivity contribution in [1.82, 2.24) is 9.91 Å². The second kappa shape index (κ2) is 9.49. The first-order chi connectivity index (χ1) is 7.02. The molecule has 0 heterocycles. The van der Waals surface area contributed by atoms with Gasteiger partial charge in [0, 0.05) is 26.6 Å². The summed E-state index contributed by atoms with van der Waals surface area (Å²) >= 11 is 0. The summed E-state index contributed by atoms with van der Waals surface area (Å²) in [6.07, 6.45) is 0.822. The summed E-state index contributed by atoms with van der Waals surface area (Å²) in [6.45, 7) is 10.6. The van der Waals surface area contributed by atoms with E-state index in [1.807, 2.05) is 48.7 Å². The van der Waals surface area contributed by atoms with Gasteiger partial charge in [-0.05, 0) is 6.92 Å². The van der Waals surface area contributed by atoms with Crippen molar-refractivity contribution in [2.45, 2.75) is 34.6 Å². The monoisotopic (exact) mass is 215 g/mol. The molecule has 0 aliphatic carbocycles. The lowest BCUT2D eigenvalue weighted by molar-refractivity contribution is -0.114. The summed E-state index contributed by atoms with van der Waals surface area (Å²) < 4.78 is 0. The summed E-state index contributed by atoms with van der Waals surface area (Å²) in [5.41, 5.74) is 0. The summed E-state index contributed by atoms with van der Waals surface area (Å²) in [4.78, 5) is 12.3. The number of carbonyl (C=O) groups excluding carboxylic acids is 1. The standard InChI is InChI=1S/C9H19N3O.C2H6/c1-6-12(7-13)9(8(2)3)10-11(4)5;1-2/h7-8H,6H2,1-5H3;1-2H3/b10-9-;. The van der Waals surface area contributed by atoms with Crippen LogP contribution in [-0.4, -0.2) is 42.8 Å². The van der Waals surface area contributed by atoms with Crippen LogP contribution in [0.4, 0.5) is 0 Å². The van der Waals surface area contributed by atoms with Crippen molar-refractivity contribution in [3.8, 4) is 0 Å². The first-order valence-corrected chi connectivity index (χ1v) is 5.50. The Morgan fingerprint density at radius 3 is 2.00 bits per heavy atom. The van der Waals surface area contributed by atoms with Gasteiger partial charge < -0.3 is 9.91 Å². The number of rotatable bonds is 4. The van der Waals surface area contributed by atoms with Gasteiger partial charge in [0.05, 0.1) is 0 Å². The smallest absolute Gasteiger partial charge is 0.215 e. The van der Waals surface area contributed by atoms with E-state index in [0.29, 0.717) is 6.54 Å². The molecule has 4 heteroatoms. The Balaban J connectivity index is 0. The Morgan fingerprint density at radius 1 is 1.33 bits per heavy atom. The van der Waals surface area contributed by atoms with E-state index in [0.717, 1.165) is 12.2 Å². The minimum Gasteiger partial charge on any atom is -0.302 e. The minimum atomic E-state index is 0.257. The highest BCUT2D eigenvalue weighted by Crippen LogP contribution is 2.02. The molecule has 1 amide bonds. The molecule has 0 aromatic rings. The fourth-order valence-electron chi connectivity index (χ4n) is 1.00. The Bertz CT molecular complexity index is 188. The zero-order valence-electron chi connectivity index (χ0n) is 11.1. The van der Waals surface area contributed by atoms with Gasteiger partial charge in [0.15, 0.2) is 0 Å². The highest BCUT2D eigenvalue weighted by Gasteiger charge is 2.12. The van der Waals surface area contributed by atoms with Crippen molar-refractivity contribution in [3.05, 3.63) is 0 Å². The molecule has 0 aliphatic rings. The van der Waals surface area contributed by atoms with Crippen molar-refractivity contribution in [3.63, 3.8) is 0 Å². The van der Waals surface area contributed by atoms with Crippen LogP contribution in [-0.2, 0) is 4.79 Å². The first kappa shape index (κ1) is 16.4. The Kier molecular flexibility index (Phi) is 10.4. The van der Waals surface area contributed by atoms with Gasteiger partial charge in [-0.3, -0.25) is 4.79 Å². The predicted molar refractivity (Wildman–Crippen MR) is 65.8 cm³/mol. The third-order valence-electron chi connectivity index (χ3n) is 1.58. The zero-order chi connectivity index (χ0) is 12.4. The van der Waals surface area contributed by atoms with Gasteiger partial charge in [0.1, 0.15) is 5.84 Å². The van der Waals surface area contributed by atoms with E-state index in [-0.39, 0.29) is 5.92 Å². The molecule has 4 nitrogen and oxygen atoms in total. The molecule has 0 saturated heterocycles. The largest absolute Gasteiger partial charge is 0.302 e. The second-order valence-corrected chi connectivity index (χ2v) is 3.35. The van der Waals surface area contributed by atoms with Crippen molar-refractivity contribution in [2.75, 3.05) is 20.6 Å². The van der Waals surface area contributed by atoms with Crippen molar-refractivity contribution >= 4 is 12.2 Å². The molecule has 0 rings (SSSR count). The van der Waals surface area contributed by atoms with Gasteiger partial charge >= 0.3 is 0 Å². The molecule has 0 atom stereocenters. The van der Waals surface area contributed by atoms with Crippen LogP contribution >= 0.6 is 0 Å². The lowest BCUT2D eigenvalue weighted by Crippen LogP contribution is -2.34. The van der Waals surface area contributed by atoms with E-state index >= 15 is 0 Å². The highest BCUT2D eigenvalue weighted by molar-refractivity contribution is 5.91. The predicted octanol–water partition coefficient (Wildman–Crippen LogP) is 2.02. The number of amidine groups is 1. The number of hydrazone groups is 1. The lowest BCUT2D eigenvalue weighted by atomic mass is 10.2. The quantitative estimate of drug-likeness (QED) is 0.311. The van der Waals surface area contributed by atoms with E-state index in [9.17, 15) is 4.79 Å². The van der Waals surface area contributed by atoms with Crippen LogP contribution in [0, 0.1) is 5.92 Å². The van der Waals surface area contributed by atoms with Gasteiger partial charge in [-0.1, -0.05) is 27.7 Å². The average Bonchev–Trinajstić information content (AvgIpc) is 2.20. The van der Waals surface area contributed by atoms with E-state index in [1.165, 1.54) is 0 Å². The molecule has 0 aromatic carbocycles.